The summed E-state index contributed by atoms with van der Waals surface area (Å²) in [4.78, 5) is 72.8. The first-order chi connectivity index (χ1) is 46.9. The molecule has 3 N–H and O–H groups in total. The van der Waals surface area contributed by atoms with Gasteiger partial charge in [-0.15, -0.1) is 0 Å². The first kappa shape index (κ1) is 95.1. The first-order valence-corrected chi connectivity index (χ1v) is 43.5. The molecule has 576 valence electrons. The maximum atomic E-state index is 13.1. The molecule has 0 aliphatic carbocycles. The molecule has 97 heavy (non-hydrogen) atoms. The summed E-state index contributed by atoms with van der Waals surface area (Å²) in [7, 11) is -9.91. The summed E-state index contributed by atoms with van der Waals surface area (Å²) < 4.78 is 68.5. The van der Waals surface area contributed by atoms with Gasteiger partial charge in [0.15, 0.2) is 12.2 Å². The van der Waals surface area contributed by atoms with E-state index in [1.165, 1.54) is 225 Å². The molecule has 0 amide bonds. The largest absolute Gasteiger partial charge is 0.472 e. The maximum absolute atomic E-state index is 13.1. The fraction of sp³-hybridized carbons (Fsp3) is 0.949. The molecule has 0 aliphatic heterocycles. The van der Waals surface area contributed by atoms with Gasteiger partial charge in [-0.05, 0) is 37.5 Å². The zero-order chi connectivity index (χ0) is 71.4. The number of phosphoric acid groups is 2. The van der Waals surface area contributed by atoms with Crippen LogP contribution < -0.4 is 0 Å². The Labute approximate surface area is 594 Å². The van der Waals surface area contributed by atoms with E-state index in [4.69, 9.17) is 37.0 Å². The van der Waals surface area contributed by atoms with Crippen molar-refractivity contribution in [1.29, 1.82) is 0 Å². The van der Waals surface area contributed by atoms with Gasteiger partial charge in [0.05, 0.1) is 26.4 Å². The van der Waals surface area contributed by atoms with Crippen molar-refractivity contribution < 1.29 is 80.2 Å². The van der Waals surface area contributed by atoms with E-state index in [-0.39, 0.29) is 25.7 Å². The van der Waals surface area contributed by atoms with Gasteiger partial charge >= 0.3 is 39.5 Å². The second kappa shape index (κ2) is 69.8. The Bertz CT molecular complexity index is 1870. The minimum Gasteiger partial charge on any atom is -0.462 e. The fourth-order valence-electron chi connectivity index (χ4n) is 12.0. The van der Waals surface area contributed by atoms with Gasteiger partial charge in [0.1, 0.15) is 19.3 Å². The highest BCUT2D eigenvalue weighted by atomic mass is 31.2. The fourth-order valence-corrected chi connectivity index (χ4v) is 13.6. The van der Waals surface area contributed by atoms with Crippen LogP contribution in [0.5, 0.6) is 0 Å². The van der Waals surface area contributed by atoms with E-state index >= 15 is 0 Å². The Kier molecular flexibility index (Phi) is 68.4. The average Bonchev–Trinajstić information content (AvgIpc) is 2.12. The molecule has 0 aliphatic rings. The van der Waals surface area contributed by atoms with Crippen molar-refractivity contribution in [3.63, 3.8) is 0 Å². The third-order valence-corrected chi connectivity index (χ3v) is 20.1. The van der Waals surface area contributed by atoms with Gasteiger partial charge in [0.25, 0.3) is 0 Å². The number of aliphatic hydroxyl groups excluding tert-OH is 1. The van der Waals surface area contributed by atoms with Crippen molar-refractivity contribution in [2.24, 2.45) is 11.8 Å². The van der Waals surface area contributed by atoms with Crippen molar-refractivity contribution >= 4 is 39.5 Å². The van der Waals surface area contributed by atoms with Crippen molar-refractivity contribution in [1.82, 2.24) is 0 Å². The van der Waals surface area contributed by atoms with Crippen LogP contribution in [0.25, 0.3) is 0 Å². The van der Waals surface area contributed by atoms with Gasteiger partial charge in [0, 0.05) is 25.7 Å². The summed E-state index contributed by atoms with van der Waals surface area (Å²) in [5.41, 5.74) is 0. The monoisotopic (exact) mass is 1420 g/mol. The number of unbranched alkanes of at least 4 members (excludes halogenated alkanes) is 47. The van der Waals surface area contributed by atoms with E-state index in [1.54, 1.807) is 0 Å². The van der Waals surface area contributed by atoms with Crippen molar-refractivity contribution in [3.05, 3.63) is 0 Å². The lowest BCUT2D eigenvalue weighted by atomic mass is 10.0. The van der Waals surface area contributed by atoms with E-state index in [0.29, 0.717) is 25.7 Å². The molecule has 0 aromatic carbocycles. The summed E-state index contributed by atoms with van der Waals surface area (Å²) in [6, 6.07) is 0. The summed E-state index contributed by atoms with van der Waals surface area (Å²) >= 11 is 0. The third-order valence-electron chi connectivity index (χ3n) is 18.2. The molecule has 17 nitrogen and oxygen atoms in total. The molecule has 2 unspecified atom stereocenters. The molecule has 0 saturated heterocycles. The van der Waals surface area contributed by atoms with E-state index in [9.17, 15) is 43.2 Å². The second-order valence-electron chi connectivity index (χ2n) is 29.1. The van der Waals surface area contributed by atoms with Crippen LogP contribution in [-0.2, 0) is 65.4 Å². The van der Waals surface area contributed by atoms with Crippen LogP contribution >= 0.6 is 15.6 Å². The Morgan fingerprint density at radius 2 is 0.474 bits per heavy atom. The molecule has 0 radical (unpaired) electrons. The molecule has 0 spiro atoms. The van der Waals surface area contributed by atoms with Crippen LogP contribution in [0.3, 0.4) is 0 Å². The Morgan fingerprint density at radius 3 is 0.701 bits per heavy atom. The number of hydrogen-bond donors (Lipinski definition) is 3. The van der Waals surface area contributed by atoms with Gasteiger partial charge in [-0.2, -0.15) is 0 Å². The molecule has 0 aromatic rings. The molecule has 19 heteroatoms. The number of hydrogen-bond acceptors (Lipinski definition) is 15. The second-order valence-corrected chi connectivity index (χ2v) is 32.0. The number of phosphoric ester groups is 2. The molecule has 0 saturated carbocycles. The van der Waals surface area contributed by atoms with Gasteiger partial charge in [-0.1, -0.05) is 356 Å². The topological polar surface area (TPSA) is 237 Å². The molecule has 0 bridgehead atoms. The van der Waals surface area contributed by atoms with Gasteiger partial charge in [0.2, 0.25) is 0 Å². The van der Waals surface area contributed by atoms with Crippen LogP contribution in [0.1, 0.15) is 408 Å². The lowest BCUT2D eigenvalue weighted by Crippen LogP contribution is -2.30. The quantitative estimate of drug-likeness (QED) is 0.0222. The molecule has 0 heterocycles. The third kappa shape index (κ3) is 72.2. The van der Waals surface area contributed by atoms with Crippen LogP contribution in [0.4, 0.5) is 0 Å². The van der Waals surface area contributed by atoms with E-state index in [2.05, 4.69) is 41.5 Å². The highest BCUT2D eigenvalue weighted by molar-refractivity contribution is 7.47. The summed E-state index contributed by atoms with van der Waals surface area (Å²) in [6.07, 6.45) is 58.3. The summed E-state index contributed by atoms with van der Waals surface area (Å²) in [6.45, 7) is 9.64. The van der Waals surface area contributed by atoms with E-state index in [0.717, 1.165) is 102 Å². The summed E-state index contributed by atoms with van der Waals surface area (Å²) in [5, 5.41) is 10.6. The van der Waals surface area contributed by atoms with Gasteiger partial charge in [-0.3, -0.25) is 37.3 Å². The predicted molar refractivity (Wildman–Crippen MR) is 395 cm³/mol. The molecular weight excluding hydrogens is 1270 g/mol. The highest BCUT2D eigenvalue weighted by Gasteiger charge is 2.30. The van der Waals surface area contributed by atoms with Crippen molar-refractivity contribution in [2.75, 3.05) is 39.6 Å². The number of carbonyl (C=O) groups excluding carboxylic acids is 4. The first-order valence-electron chi connectivity index (χ1n) is 40.5. The minimum absolute atomic E-state index is 0.107. The Balaban J connectivity index is 5.20. The van der Waals surface area contributed by atoms with Crippen molar-refractivity contribution in [2.45, 2.75) is 426 Å². The minimum atomic E-state index is -4.96. The number of esters is 4. The van der Waals surface area contributed by atoms with Gasteiger partial charge in [-0.25, -0.2) is 9.13 Å². The number of ether oxygens (including phenoxy) is 4. The average molecular weight is 1420 g/mol. The summed E-state index contributed by atoms with van der Waals surface area (Å²) in [5.74, 6) is -0.511. The van der Waals surface area contributed by atoms with E-state index in [1.807, 2.05) is 0 Å². The number of carbonyl (C=O) groups is 4. The van der Waals surface area contributed by atoms with Crippen molar-refractivity contribution in [3.8, 4) is 0 Å². The molecular formula is C78H152O17P2. The van der Waals surface area contributed by atoms with Crippen LogP contribution in [-0.4, -0.2) is 96.7 Å². The molecule has 0 aromatic heterocycles. The Morgan fingerprint density at radius 1 is 0.278 bits per heavy atom. The zero-order valence-corrected chi connectivity index (χ0v) is 65.2. The maximum Gasteiger partial charge on any atom is 0.472 e. The smallest absolute Gasteiger partial charge is 0.462 e. The predicted octanol–water partition coefficient (Wildman–Crippen LogP) is 23.1. The van der Waals surface area contributed by atoms with E-state index < -0.39 is 97.5 Å². The number of aliphatic hydroxyl groups is 1. The normalized spacial score (nSPS) is 14.0. The van der Waals surface area contributed by atoms with Crippen LogP contribution in [0.15, 0.2) is 0 Å². The zero-order valence-electron chi connectivity index (χ0n) is 63.4. The molecule has 0 rings (SSSR count). The Hall–Kier alpha value is -1.94. The number of rotatable bonds is 77. The van der Waals surface area contributed by atoms with Crippen LogP contribution in [0.2, 0.25) is 0 Å². The highest BCUT2D eigenvalue weighted by Crippen LogP contribution is 2.45. The lowest BCUT2D eigenvalue weighted by molar-refractivity contribution is -0.161. The molecule has 0 fully saturated rings. The standard InChI is InChI=1S/C78H152O17P2/c1-7-9-11-13-15-17-18-31-38-44-50-56-62-77(82)94-73(66-88-75(80)60-54-48-42-34-16-14-12-10-8-2)68-92-96(84,85)90-64-72(79)65-91-97(86,87)93-69-74(67-89-76(81)61-55-49-43-37-32-28-27-30-36-41-47-53-59-71(5)6)95-78(83)63-57-51-45-39-33-26-24-22-20-19-21-23-25-29-35-40-46-52-58-70(3)4/h70-74,79H,7-69H2,1-6H3,(H,84,85)(H,86,87)/t72-,73+,74+/m0/s1. The van der Waals surface area contributed by atoms with Crippen LogP contribution in [0, 0.1) is 11.8 Å². The lowest BCUT2D eigenvalue weighted by Gasteiger charge is -2.21. The van der Waals surface area contributed by atoms with Gasteiger partial charge < -0.3 is 33.8 Å². The molecule has 5 atom stereocenters. The SMILES string of the molecule is CCCCCCCCCCCCCCC(=O)O[C@H](COC(=O)CCCCCCCCCCC)COP(=O)(O)OC[C@H](O)COP(=O)(O)OC[C@@H](COC(=O)CCCCCCCCCCCCCCC(C)C)OC(=O)CCCCCCCCCCCCCCCCCCCCC(C)C.